The summed E-state index contributed by atoms with van der Waals surface area (Å²) >= 11 is 0. The highest BCUT2D eigenvalue weighted by Gasteiger charge is 2.19. The number of hydrogen-bond acceptors (Lipinski definition) is 4. The number of aromatic nitrogens is 4. The third-order valence-corrected chi connectivity index (χ3v) is 3.59. The SMILES string of the molecule is CCn1c(=O)n(CCN)c(=O)c2c1nc(CC(C)C)n2C. The molecule has 0 aliphatic carbocycles. The third-order valence-electron chi connectivity index (χ3n) is 3.59. The minimum atomic E-state index is -0.338. The lowest BCUT2D eigenvalue weighted by molar-refractivity contribution is 0.585. The van der Waals surface area contributed by atoms with Gasteiger partial charge in [0.05, 0.1) is 0 Å². The number of nitrogens with two attached hydrogens (primary N) is 1. The van der Waals surface area contributed by atoms with Crippen LogP contribution in [0.4, 0.5) is 0 Å². The van der Waals surface area contributed by atoms with Gasteiger partial charge in [0.25, 0.3) is 5.56 Å². The van der Waals surface area contributed by atoms with Crippen molar-refractivity contribution in [1.29, 1.82) is 0 Å². The Labute approximate surface area is 123 Å². The maximum absolute atomic E-state index is 12.6. The van der Waals surface area contributed by atoms with Crippen molar-refractivity contribution < 1.29 is 0 Å². The van der Waals surface area contributed by atoms with Gasteiger partial charge in [0.1, 0.15) is 5.82 Å². The van der Waals surface area contributed by atoms with E-state index in [2.05, 4.69) is 18.8 Å². The molecule has 0 fully saturated rings. The van der Waals surface area contributed by atoms with Gasteiger partial charge in [-0.25, -0.2) is 9.78 Å². The summed E-state index contributed by atoms with van der Waals surface area (Å²) in [5.41, 5.74) is 5.81. The van der Waals surface area contributed by atoms with Gasteiger partial charge in [-0.1, -0.05) is 13.8 Å². The van der Waals surface area contributed by atoms with E-state index in [0.29, 0.717) is 23.6 Å². The van der Waals surface area contributed by atoms with Gasteiger partial charge in [-0.15, -0.1) is 0 Å². The van der Waals surface area contributed by atoms with Crippen LogP contribution in [0, 0.1) is 5.92 Å². The number of nitrogens with zero attached hydrogens (tertiary/aromatic N) is 4. The van der Waals surface area contributed by atoms with Gasteiger partial charge in [-0.05, 0) is 12.8 Å². The Hall–Kier alpha value is -1.89. The monoisotopic (exact) mass is 293 g/mol. The van der Waals surface area contributed by atoms with Gasteiger partial charge >= 0.3 is 5.69 Å². The highest BCUT2D eigenvalue weighted by molar-refractivity contribution is 5.71. The summed E-state index contributed by atoms with van der Waals surface area (Å²) in [5.74, 6) is 1.25. The van der Waals surface area contributed by atoms with Crippen LogP contribution in [-0.2, 0) is 26.6 Å². The first-order valence-electron chi connectivity index (χ1n) is 7.31. The van der Waals surface area contributed by atoms with Gasteiger partial charge in [0, 0.05) is 33.1 Å². The molecule has 116 valence electrons. The van der Waals surface area contributed by atoms with Crippen molar-refractivity contribution in [3.05, 3.63) is 26.7 Å². The first-order chi connectivity index (χ1) is 9.92. The standard InChI is InChI=1S/C14H23N5O2/c1-5-18-12-11(13(20)19(7-6-15)14(18)21)17(4)10(16-12)8-9(2)3/h9H,5-8,15H2,1-4H3. The van der Waals surface area contributed by atoms with Crippen molar-refractivity contribution in [2.45, 2.75) is 40.3 Å². The molecule has 0 unspecified atom stereocenters. The Balaban J connectivity index is 2.86. The van der Waals surface area contributed by atoms with Crippen LogP contribution in [0.3, 0.4) is 0 Å². The van der Waals surface area contributed by atoms with Crippen molar-refractivity contribution in [3.63, 3.8) is 0 Å². The second kappa shape index (κ2) is 5.85. The lowest BCUT2D eigenvalue weighted by Crippen LogP contribution is -2.41. The molecule has 0 aliphatic rings. The fraction of sp³-hybridized carbons (Fsp3) is 0.643. The van der Waals surface area contributed by atoms with Crippen LogP contribution in [0.1, 0.15) is 26.6 Å². The lowest BCUT2D eigenvalue weighted by Gasteiger charge is -2.09. The zero-order valence-electron chi connectivity index (χ0n) is 13.1. The van der Waals surface area contributed by atoms with E-state index < -0.39 is 0 Å². The Kier molecular flexibility index (Phi) is 4.32. The fourth-order valence-electron chi connectivity index (χ4n) is 2.57. The van der Waals surface area contributed by atoms with E-state index in [-0.39, 0.29) is 24.3 Å². The highest BCUT2D eigenvalue weighted by Crippen LogP contribution is 2.13. The van der Waals surface area contributed by atoms with Crippen LogP contribution in [0.25, 0.3) is 11.2 Å². The van der Waals surface area contributed by atoms with Crippen molar-refractivity contribution in [3.8, 4) is 0 Å². The molecule has 2 N–H and O–H groups in total. The van der Waals surface area contributed by atoms with E-state index in [0.717, 1.165) is 12.2 Å². The molecule has 21 heavy (non-hydrogen) atoms. The Morgan fingerprint density at radius 2 is 1.90 bits per heavy atom. The minimum Gasteiger partial charge on any atom is -0.329 e. The van der Waals surface area contributed by atoms with Crippen molar-refractivity contribution >= 4 is 11.2 Å². The van der Waals surface area contributed by atoms with E-state index in [4.69, 9.17) is 5.73 Å². The number of fused-ring (bicyclic) bond motifs is 1. The largest absolute Gasteiger partial charge is 0.332 e. The molecule has 2 aromatic rings. The number of aryl methyl sites for hydroxylation is 2. The maximum Gasteiger partial charge on any atom is 0.332 e. The molecule has 0 saturated carbocycles. The quantitative estimate of drug-likeness (QED) is 0.845. The average Bonchev–Trinajstić information content (AvgIpc) is 2.72. The van der Waals surface area contributed by atoms with Crippen molar-refractivity contribution in [1.82, 2.24) is 18.7 Å². The molecule has 0 bridgehead atoms. The van der Waals surface area contributed by atoms with Crippen LogP contribution in [0.2, 0.25) is 0 Å². The summed E-state index contributed by atoms with van der Waals surface area (Å²) in [4.78, 5) is 29.5. The van der Waals surface area contributed by atoms with Crippen LogP contribution >= 0.6 is 0 Å². The summed E-state index contributed by atoms with van der Waals surface area (Å²) in [6, 6.07) is 0. The highest BCUT2D eigenvalue weighted by atomic mass is 16.2. The van der Waals surface area contributed by atoms with Gasteiger partial charge in [-0.2, -0.15) is 0 Å². The van der Waals surface area contributed by atoms with E-state index >= 15 is 0 Å². The predicted molar refractivity (Wildman–Crippen MR) is 82.5 cm³/mol. The summed E-state index contributed by atoms with van der Waals surface area (Å²) in [5, 5.41) is 0. The first-order valence-corrected chi connectivity index (χ1v) is 7.31. The molecule has 2 heterocycles. The van der Waals surface area contributed by atoms with Crippen molar-refractivity contribution in [2.75, 3.05) is 6.54 Å². The molecule has 2 rings (SSSR count). The summed E-state index contributed by atoms with van der Waals surface area (Å²) < 4.78 is 4.54. The van der Waals surface area contributed by atoms with Gasteiger partial charge < -0.3 is 10.3 Å². The molecule has 2 aromatic heterocycles. The topological polar surface area (TPSA) is 87.8 Å². The molecule has 7 heteroatoms. The molecule has 0 amide bonds. The average molecular weight is 293 g/mol. The van der Waals surface area contributed by atoms with Crippen LogP contribution < -0.4 is 17.0 Å². The summed E-state index contributed by atoms with van der Waals surface area (Å²) in [7, 11) is 1.83. The van der Waals surface area contributed by atoms with Crippen LogP contribution in [0.15, 0.2) is 9.59 Å². The van der Waals surface area contributed by atoms with E-state index in [1.54, 1.807) is 4.57 Å². The molecule has 0 aromatic carbocycles. The molecule has 0 aliphatic heterocycles. The van der Waals surface area contributed by atoms with Gasteiger partial charge in [0.2, 0.25) is 0 Å². The number of imidazole rings is 1. The molecule has 0 radical (unpaired) electrons. The van der Waals surface area contributed by atoms with Crippen molar-refractivity contribution in [2.24, 2.45) is 18.7 Å². The molecule has 0 spiro atoms. The van der Waals surface area contributed by atoms with E-state index in [9.17, 15) is 9.59 Å². The first kappa shape index (κ1) is 15.5. The Morgan fingerprint density at radius 1 is 1.24 bits per heavy atom. The Bertz CT molecular complexity index is 766. The Morgan fingerprint density at radius 3 is 2.43 bits per heavy atom. The van der Waals surface area contributed by atoms with Gasteiger partial charge in [-0.3, -0.25) is 13.9 Å². The minimum absolute atomic E-state index is 0.221. The predicted octanol–water partition coefficient (Wildman–Crippen LogP) is 0.0738. The van der Waals surface area contributed by atoms with E-state index in [1.807, 2.05) is 14.0 Å². The molecule has 0 saturated heterocycles. The lowest BCUT2D eigenvalue weighted by atomic mass is 10.1. The normalized spacial score (nSPS) is 11.7. The fourth-order valence-corrected chi connectivity index (χ4v) is 2.57. The third kappa shape index (κ3) is 2.53. The van der Waals surface area contributed by atoms with Crippen LogP contribution in [0.5, 0.6) is 0 Å². The second-order valence-electron chi connectivity index (χ2n) is 5.63. The maximum atomic E-state index is 12.6. The number of rotatable bonds is 5. The summed E-state index contributed by atoms with van der Waals surface area (Å²) in [6.45, 7) is 7.00. The molecule has 0 atom stereocenters. The summed E-state index contributed by atoms with van der Waals surface area (Å²) in [6.07, 6.45) is 0.763. The van der Waals surface area contributed by atoms with E-state index in [1.165, 1.54) is 9.13 Å². The van der Waals surface area contributed by atoms with Gasteiger partial charge in [0.15, 0.2) is 11.2 Å². The number of hydrogen-bond donors (Lipinski definition) is 1. The smallest absolute Gasteiger partial charge is 0.329 e. The molecular weight excluding hydrogens is 270 g/mol. The zero-order chi connectivity index (χ0) is 15.7. The zero-order valence-corrected chi connectivity index (χ0v) is 13.1. The second-order valence-corrected chi connectivity index (χ2v) is 5.63. The van der Waals surface area contributed by atoms with Crippen LogP contribution in [-0.4, -0.2) is 25.2 Å². The molecular formula is C14H23N5O2. The molecule has 7 nitrogen and oxygen atoms in total.